The van der Waals surface area contributed by atoms with E-state index in [0.29, 0.717) is 13.1 Å². The zero-order valence-electron chi connectivity index (χ0n) is 13.3. The number of halogens is 5. The van der Waals surface area contributed by atoms with E-state index < -0.39 is 17.8 Å². The van der Waals surface area contributed by atoms with Crippen LogP contribution < -0.4 is 10.2 Å². The molecule has 1 aromatic heterocycles. The quantitative estimate of drug-likeness (QED) is 0.564. The monoisotopic (exact) mass is 418 g/mol. The van der Waals surface area contributed by atoms with Crippen molar-refractivity contribution in [1.82, 2.24) is 15.3 Å². The number of nitrogens with zero attached hydrogens (tertiary/aromatic N) is 3. The van der Waals surface area contributed by atoms with Crippen molar-refractivity contribution in [3.8, 4) is 0 Å². The molecule has 2 aliphatic rings. The summed E-state index contributed by atoms with van der Waals surface area (Å²) in [7, 11) is 0. The molecule has 134 valence electrons. The summed E-state index contributed by atoms with van der Waals surface area (Å²) >= 11 is 2.98. The van der Waals surface area contributed by atoms with Gasteiger partial charge in [-0.3, -0.25) is 0 Å². The molecule has 0 amide bonds. The third kappa shape index (κ3) is 2.87. The van der Waals surface area contributed by atoms with Gasteiger partial charge in [-0.2, -0.15) is 22.5 Å². The van der Waals surface area contributed by atoms with Gasteiger partial charge in [0.2, 0.25) is 0 Å². The van der Waals surface area contributed by atoms with E-state index in [4.69, 9.17) is 0 Å². The Morgan fingerprint density at radius 2 is 1.84 bits per heavy atom. The molecule has 2 bridgehead atoms. The Balaban J connectivity index is 1.93. The second kappa shape index (κ2) is 5.77. The Labute approximate surface area is 149 Å². The van der Waals surface area contributed by atoms with Gasteiger partial charge in [-0.05, 0) is 47.3 Å². The highest BCUT2D eigenvalue weighted by atomic mass is 79.9. The molecular formula is C16H15BrF4N4. The number of hydrogen-bond donors (Lipinski definition) is 1. The van der Waals surface area contributed by atoms with Gasteiger partial charge < -0.3 is 10.2 Å². The molecule has 0 aliphatic carbocycles. The number of benzene rings is 1. The largest absolute Gasteiger partial charge is 0.417 e. The predicted octanol–water partition coefficient (Wildman–Crippen LogP) is 3.80. The minimum Gasteiger partial charge on any atom is -0.353 e. The number of piperazine rings is 1. The average molecular weight is 419 g/mol. The number of hydrogen-bond acceptors (Lipinski definition) is 4. The van der Waals surface area contributed by atoms with Crippen molar-refractivity contribution in [2.24, 2.45) is 0 Å². The zero-order valence-corrected chi connectivity index (χ0v) is 14.9. The molecule has 2 saturated heterocycles. The SMILES string of the molecule is Cc1c(Br)c(C(F)(F)F)cc2c(N3CC4CCC(C3)N4)nc(F)nc12. The van der Waals surface area contributed by atoms with Gasteiger partial charge in [0.15, 0.2) is 0 Å². The van der Waals surface area contributed by atoms with Crippen LogP contribution in [-0.4, -0.2) is 35.1 Å². The lowest BCUT2D eigenvalue weighted by Gasteiger charge is -2.34. The van der Waals surface area contributed by atoms with Crippen LogP contribution in [0.1, 0.15) is 24.0 Å². The second-order valence-corrected chi connectivity index (χ2v) is 7.41. The van der Waals surface area contributed by atoms with Gasteiger partial charge in [0, 0.05) is 35.0 Å². The number of aryl methyl sites for hydroxylation is 1. The maximum Gasteiger partial charge on any atom is 0.417 e. The summed E-state index contributed by atoms with van der Waals surface area (Å²) in [5, 5.41) is 3.67. The molecule has 4 rings (SSSR count). The van der Waals surface area contributed by atoms with Gasteiger partial charge >= 0.3 is 12.3 Å². The number of anilines is 1. The molecule has 1 aromatic carbocycles. The van der Waals surface area contributed by atoms with E-state index in [1.807, 2.05) is 4.90 Å². The smallest absolute Gasteiger partial charge is 0.353 e. The van der Waals surface area contributed by atoms with Crippen molar-refractivity contribution in [2.75, 3.05) is 18.0 Å². The first-order valence-electron chi connectivity index (χ1n) is 7.98. The van der Waals surface area contributed by atoms with E-state index in [0.717, 1.165) is 18.9 Å². The van der Waals surface area contributed by atoms with E-state index in [1.165, 1.54) is 6.92 Å². The number of rotatable bonds is 1. The van der Waals surface area contributed by atoms with E-state index in [1.54, 1.807) is 0 Å². The summed E-state index contributed by atoms with van der Waals surface area (Å²) in [6.07, 6.45) is -3.44. The molecule has 4 nitrogen and oxygen atoms in total. The normalized spacial score (nSPS) is 23.5. The Kier molecular flexibility index (Phi) is 3.91. The van der Waals surface area contributed by atoms with Crippen LogP contribution in [0.2, 0.25) is 0 Å². The van der Waals surface area contributed by atoms with Crippen molar-refractivity contribution in [3.63, 3.8) is 0 Å². The molecule has 2 unspecified atom stereocenters. The summed E-state index contributed by atoms with van der Waals surface area (Å²) in [5.41, 5.74) is -0.342. The first-order chi connectivity index (χ1) is 11.7. The zero-order chi connectivity index (χ0) is 17.9. The number of nitrogens with one attached hydrogen (secondary N) is 1. The summed E-state index contributed by atoms with van der Waals surface area (Å²) in [6, 6.07) is 1.53. The molecule has 0 radical (unpaired) electrons. The number of aromatic nitrogens is 2. The number of fused-ring (bicyclic) bond motifs is 3. The Morgan fingerprint density at radius 1 is 1.20 bits per heavy atom. The minimum absolute atomic E-state index is 0.114. The Bertz CT molecular complexity index is 842. The van der Waals surface area contributed by atoms with Crippen molar-refractivity contribution >= 4 is 32.7 Å². The molecule has 2 fully saturated rings. The maximum atomic E-state index is 14.0. The van der Waals surface area contributed by atoms with Gasteiger partial charge in [0.05, 0.1) is 11.1 Å². The lowest BCUT2D eigenvalue weighted by molar-refractivity contribution is -0.138. The van der Waals surface area contributed by atoms with Gasteiger partial charge in [-0.1, -0.05) is 0 Å². The van der Waals surface area contributed by atoms with Crippen LogP contribution in [0.5, 0.6) is 0 Å². The fourth-order valence-electron chi connectivity index (χ4n) is 3.78. The molecular weight excluding hydrogens is 404 g/mol. The van der Waals surface area contributed by atoms with Gasteiger partial charge in [-0.15, -0.1) is 0 Å². The highest BCUT2D eigenvalue weighted by molar-refractivity contribution is 9.10. The van der Waals surface area contributed by atoms with Crippen LogP contribution in [0, 0.1) is 13.0 Å². The fraction of sp³-hybridized carbons (Fsp3) is 0.500. The molecule has 25 heavy (non-hydrogen) atoms. The van der Waals surface area contributed by atoms with E-state index in [9.17, 15) is 17.6 Å². The van der Waals surface area contributed by atoms with E-state index in [2.05, 4.69) is 31.2 Å². The fourth-order valence-corrected chi connectivity index (χ4v) is 4.31. The lowest BCUT2D eigenvalue weighted by Crippen LogP contribution is -2.51. The van der Waals surface area contributed by atoms with Crippen LogP contribution in [-0.2, 0) is 6.18 Å². The molecule has 2 aromatic rings. The molecule has 3 heterocycles. The standard InChI is InChI=1S/C16H15BrF4N4/c1-7-12(17)11(16(19,20)21)4-10-13(7)23-15(18)24-14(10)25-5-8-2-3-9(6-25)22-8/h4,8-9,22H,2-3,5-6H2,1H3. The highest BCUT2D eigenvalue weighted by Crippen LogP contribution is 2.41. The summed E-state index contributed by atoms with van der Waals surface area (Å²) < 4.78 is 54.0. The second-order valence-electron chi connectivity index (χ2n) is 6.62. The lowest BCUT2D eigenvalue weighted by atomic mass is 10.0. The van der Waals surface area contributed by atoms with Crippen LogP contribution in [0.3, 0.4) is 0 Å². The van der Waals surface area contributed by atoms with Crippen molar-refractivity contribution in [1.29, 1.82) is 0 Å². The maximum absolute atomic E-state index is 14.0. The van der Waals surface area contributed by atoms with Gasteiger partial charge in [0.25, 0.3) is 0 Å². The molecule has 0 spiro atoms. The summed E-state index contributed by atoms with van der Waals surface area (Å²) in [6.45, 7) is 2.69. The summed E-state index contributed by atoms with van der Waals surface area (Å²) in [4.78, 5) is 9.48. The summed E-state index contributed by atoms with van der Waals surface area (Å²) in [5.74, 6) is 0.238. The van der Waals surface area contributed by atoms with Crippen LogP contribution >= 0.6 is 15.9 Å². The topological polar surface area (TPSA) is 41.0 Å². The van der Waals surface area contributed by atoms with Crippen LogP contribution in [0.25, 0.3) is 10.9 Å². The van der Waals surface area contributed by atoms with Gasteiger partial charge in [-0.25, -0.2) is 4.98 Å². The third-order valence-electron chi connectivity index (χ3n) is 4.93. The van der Waals surface area contributed by atoms with Crippen LogP contribution in [0.15, 0.2) is 10.5 Å². The molecule has 9 heteroatoms. The molecule has 1 N–H and O–H groups in total. The Hall–Kier alpha value is -1.48. The first-order valence-corrected chi connectivity index (χ1v) is 8.78. The van der Waals surface area contributed by atoms with Crippen molar-refractivity contribution in [2.45, 2.75) is 38.0 Å². The molecule has 2 aliphatic heterocycles. The third-order valence-corrected chi connectivity index (χ3v) is 5.95. The highest BCUT2D eigenvalue weighted by Gasteiger charge is 2.37. The van der Waals surface area contributed by atoms with E-state index >= 15 is 0 Å². The van der Waals surface area contributed by atoms with Gasteiger partial charge in [0.1, 0.15) is 5.82 Å². The minimum atomic E-state index is -4.52. The van der Waals surface area contributed by atoms with E-state index in [-0.39, 0.29) is 38.8 Å². The van der Waals surface area contributed by atoms with Crippen LogP contribution in [0.4, 0.5) is 23.4 Å². The average Bonchev–Trinajstić information content (AvgIpc) is 2.87. The van der Waals surface area contributed by atoms with Crippen molar-refractivity contribution in [3.05, 3.63) is 27.7 Å². The Morgan fingerprint density at radius 3 is 2.44 bits per heavy atom. The first kappa shape index (κ1) is 17.0. The molecule has 2 atom stereocenters. The predicted molar refractivity (Wildman–Crippen MR) is 89.1 cm³/mol. The number of alkyl halides is 3. The molecule has 0 saturated carbocycles. The van der Waals surface area contributed by atoms with Crippen molar-refractivity contribution < 1.29 is 17.6 Å².